The minimum absolute atomic E-state index is 0.0486. The lowest BCUT2D eigenvalue weighted by Crippen LogP contribution is -2.40. The average Bonchev–Trinajstić information content (AvgIpc) is 3.34. The summed E-state index contributed by atoms with van der Waals surface area (Å²) in [5.74, 6) is -2.23. The Morgan fingerprint density at radius 2 is 1.16 bits per heavy atom. The molecule has 12 heteroatoms. The van der Waals surface area contributed by atoms with E-state index in [4.69, 9.17) is 28.9 Å². The summed E-state index contributed by atoms with van der Waals surface area (Å²) < 4.78 is 58.0. The number of carbonyl (C=O) groups excluding carboxylic acids is 1. The molecule has 0 saturated carbocycles. The van der Waals surface area contributed by atoms with Gasteiger partial charge in [0.2, 0.25) is 25.6 Å². The predicted octanol–water partition coefficient (Wildman–Crippen LogP) is 6.52. The molecular formula is C32H24Cl2N2O5S3. The first-order valence-electron chi connectivity index (χ1n) is 13.3. The summed E-state index contributed by atoms with van der Waals surface area (Å²) in [5, 5.41) is 0.200. The fraction of sp³-hybridized carbons (Fsp3) is 0.0938. The number of nitrogens with zero attached hydrogens (tertiary/aromatic N) is 1. The second kappa shape index (κ2) is 11.8. The van der Waals surface area contributed by atoms with Gasteiger partial charge < -0.3 is 5.73 Å². The minimum Gasteiger partial charge on any atom is -0.384 e. The standard InChI is InChI=1S/C32H24Cl2N2O5S3/c33-22-15-11-20(12-16-22)19-26-31(37)36-30(35)28(43(38,39)24-7-3-1-4-8-24)27(21-13-17-23(34)18-14-21)29(32(36)42-26)44(40,41)25-9-5-2-6-10-25/h1-18,26-27H,19,35H2. The number of hydrogen-bond acceptors (Lipinski definition) is 7. The molecule has 2 aliphatic rings. The number of benzene rings is 4. The van der Waals surface area contributed by atoms with Gasteiger partial charge in [0, 0.05) is 10.0 Å². The molecule has 4 aromatic rings. The SMILES string of the molecule is NC1=C(S(=O)(=O)c2ccccc2)C(c2ccc(Cl)cc2)C(S(=O)(=O)c2ccccc2)=C2SC(Cc3ccc(Cl)cc3)C(=O)N12. The molecule has 2 N–H and O–H groups in total. The van der Waals surface area contributed by atoms with Crippen LogP contribution in [-0.4, -0.2) is 32.9 Å². The molecule has 1 amide bonds. The van der Waals surface area contributed by atoms with Gasteiger partial charge in [-0.1, -0.05) is 95.6 Å². The van der Waals surface area contributed by atoms with Crippen LogP contribution in [0.2, 0.25) is 10.0 Å². The van der Waals surface area contributed by atoms with Gasteiger partial charge in [-0.25, -0.2) is 16.8 Å². The second-order valence-electron chi connectivity index (χ2n) is 10.1. The summed E-state index contributed by atoms with van der Waals surface area (Å²) in [6, 6.07) is 28.5. The Bertz CT molecular complexity index is 2030. The van der Waals surface area contributed by atoms with Crippen LogP contribution in [-0.2, 0) is 30.9 Å². The quantitative estimate of drug-likeness (QED) is 0.236. The average molecular weight is 684 g/mol. The molecule has 44 heavy (non-hydrogen) atoms. The van der Waals surface area contributed by atoms with Crippen molar-refractivity contribution in [1.29, 1.82) is 0 Å². The maximum Gasteiger partial charge on any atom is 0.247 e. The molecule has 6 rings (SSSR count). The number of fused-ring (bicyclic) bond motifs is 1. The monoisotopic (exact) mass is 682 g/mol. The van der Waals surface area contributed by atoms with Crippen molar-refractivity contribution in [2.24, 2.45) is 5.73 Å². The zero-order valence-corrected chi connectivity index (χ0v) is 26.8. The molecule has 2 atom stereocenters. The number of hydrogen-bond donors (Lipinski definition) is 1. The summed E-state index contributed by atoms with van der Waals surface area (Å²) in [4.78, 5) is 14.3. The molecule has 0 bridgehead atoms. The smallest absolute Gasteiger partial charge is 0.247 e. The van der Waals surface area contributed by atoms with E-state index in [1.807, 2.05) is 0 Å². The number of amides is 1. The summed E-state index contributed by atoms with van der Waals surface area (Å²) in [6.45, 7) is 0. The lowest BCUT2D eigenvalue weighted by Gasteiger charge is -2.34. The minimum atomic E-state index is -4.43. The Hall–Kier alpha value is -3.54. The molecule has 0 aliphatic carbocycles. The molecule has 0 radical (unpaired) electrons. The van der Waals surface area contributed by atoms with Gasteiger partial charge in [0.1, 0.15) is 15.8 Å². The van der Waals surface area contributed by atoms with Crippen molar-refractivity contribution in [3.05, 3.63) is 151 Å². The number of nitrogens with two attached hydrogens (primary N) is 1. The highest BCUT2D eigenvalue weighted by Gasteiger charge is 2.52. The molecule has 4 aromatic carbocycles. The van der Waals surface area contributed by atoms with Crippen LogP contribution in [0.5, 0.6) is 0 Å². The highest BCUT2D eigenvalue weighted by molar-refractivity contribution is 8.06. The van der Waals surface area contributed by atoms with Gasteiger partial charge in [-0.05, 0) is 66.1 Å². The van der Waals surface area contributed by atoms with Crippen molar-refractivity contribution in [2.45, 2.75) is 27.4 Å². The molecule has 7 nitrogen and oxygen atoms in total. The van der Waals surface area contributed by atoms with Crippen LogP contribution in [0.4, 0.5) is 0 Å². The van der Waals surface area contributed by atoms with Gasteiger partial charge >= 0.3 is 0 Å². The van der Waals surface area contributed by atoms with E-state index in [1.54, 1.807) is 84.9 Å². The van der Waals surface area contributed by atoms with Crippen LogP contribution in [0, 0.1) is 0 Å². The zero-order valence-electron chi connectivity index (χ0n) is 22.8. The van der Waals surface area contributed by atoms with E-state index >= 15 is 0 Å². The van der Waals surface area contributed by atoms with Crippen molar-refractivity contribution in [2.75, 3.05) is 0 Å². The first kappa shape index (κ1) is 30.5. The van der Waals surface area contributed by atoms with Gasteiger partial charge in [0.05, 0.1) is 25.9 Å². The van der Waals surface area contributed by atoms with Crippen molar-refractivity contribution in [3.63, 3.8) is 0 Å². The summed E-state index contributed by atoms with van der Waals surface area (Å²) in [6.07, 6.45) is 0.235. The van der Waals surface area contributed by atoms with E-state index in [0.717, 1.165) is 22.2 Å². The molecular weight excluding hydrogens is 659 g/mol. The number of carbonyl (C=O) groups is 1. The van der Waals surface area contributed by atoms with E-state index in [9.17, 15) is 21.6 Å². The molecule has 0 spiro atoms. The number of allylic oxidation sites excluding steroid dienone is 2. The van der Waals surface area contributed by atoms with E-state index < -0.39 is 41.7 Å². The number of halogens is 2. The fourth-order valence-corrected chi connectivity index (χ4v) is 10.8. The van der Waals surface area contributed by atoms with Gasteiger partial charge in [-0.2, -0.15) is 0 Å². The fourth-order valence-electron chi connectivity index (χ4n) is 5.32. The van der Waals surface area contributed by atoms with E-state index in [0.29, 0.717) is 15.6 Å². The molecule has 2 heterocycles. The van der Waals surface area contributed by atoms with Crippen LogP contribution in [0.15, 0.2) is 140 Å². The maximum absolute atomic E-state index is 14.6. The number of rotatable bonds is 7. The molecule has 0 aromatic heterocycles. The maximum atomic E-state index is 14.6. The Kier molecular flexibility index (Phi) is 8.15. The molecule has 224 valence electrons. The third-order valence-corrected chi connectivity index (χ3v) is 13.1. The molecule has 2 aliphatic heterocycles. The third kappa shape index (κ3) is 5.35. The van der Waals surface area contributed by atoms with Crippen LogP contribution in [0.25, 0.3) is 0 Å². The lowest BCUT2D eigenvalue weighted by molar-refractivity contribution is -0.126. The Morgan fingerprint density at radius 1 is 0.682 bits per heavy atom. The summed E-state index contributed by atoms with van der Waals surface area (Å²) >= 11 is 13.3. The van der Waals surface area contributed by atoms with Crippen molar-refractivity contribution in [1.82, 2.24) is 4.90 Å². The van der Waals surface area contributed by atoms with E-state index in [-0.39, 0.29) is 32.0 Å². The van der Waals surface area contributed by atoms with Gasteiger partial charge in [0.15, 0.2) is 0 Å². The topological polar surface area (TPSA) is 115 Å². The van der Waals surface area contributed by atoms with Crippen LogP contribution in [0.3, 0.4) is 0 Å². The van der Waals surface area contributed by atoms with Gasteiger partial charge in [0.25, 0.3) is 0 Å². The Morgan fingerprint density at radius 3 is 1.68 bits per heavy atom. The Labute approximate surface area is 269 Å². The first-order valence-corrected chi connectivity index (χ1v) is 17.9. The lowest BCUT2D eigenvalue weighted by atomic mass is 9.96. The van der Waals surface area contributed by atoms with Crippen LogP contribution >= 0.6 is 35.0 Å². The van der Waals surface area contributed by atoms with E-state index in [2.05, 4.69) is 0 Å². The van der Waals surface area contributed by atoms with Crippen molar-refractivity contribution in [3.8, 4) is 0 Å². The van der Waals surface area contributed by atoms with Gasteiger partial charge in [-0.15, -0.1) is 0 Å². The van der Waals surface area contributed by atoms with Crippen molar-refractivity contribution >= 4 is 60.5 Å². The first-order chi connectivity index (χ1) is 21.0. The van der Waals surface area contributed by atoms with Crippen LogP contribution in [0.1, 0.15) is 17.0 Å². The molecule has 1 fully saturated rings. The van der Waals surface area contributed by atoms with Crippen molar-refractivity contribution < 1.29 is 21.6 Å². The summed E-state index contributed by atoms with van der Waals surface area (Å²) in [5.41, 5.74) is 7.80. The second-order valence-corrected chi connectivity index (χ2v) is 16.0. The normalized spacial score (nSPS) is 19.0. The summed E-state index contributed by atoms with van der Waals surface area (Å²) in [7, 11) is -8.82. The van der Waals surface area contributed by atoms with E-state index in [1.165, 1.54) is 24.3 Å². The molecule has 1 saturated heterocycles. The number of thioether (sulfide) groups is 1. The molecule has 2 unspecified atom stereocenters. The number of sulfone groups is 2. The predicted molar refractivity (Wildman–Crippen MR) is 173 cm³/mol. The largest absolute Gasteiger partial charge is 0.384 e. The zero-order chi connectivity index (χ0) is 31.2. The Balaban J connectivity index is 1.64. The van der Waals surface area contributed by atoms with Crippen LogP contribution < -0.4 is 5.73 Å². The van der Waals surface area contributed by atoms with Gasteiger partial charge in [-0.3, -0.25) is 9.69 Å². The third-order valence-electron chi connectivity index (χ3n) is 7.41. The highest BCUT2D eigenvalue weighted by atomic mass is 35.5. The highest BCUT2D eigenvalue weighted by Crippen LogP contribution is 2.54.